The number of benzene rings is 1. The van der Waals surface area contributed by atoms with Crippen molar-refractivity contribution in [3.8, 4) is 0 Å². The Morgan fingerprint density at radius 2 is 2.21 bits per heavy atom. The fourth-order valence-corrected chi connectivity index (χ4v) is 2.91. The summed E-state index contributed by atoms with van der Waals surface area (Å²) < 4.78 is 0. The van der Waals surface area contributed by atoms with Crippen molar-refractivity contribution in [2.24, 2.45) is 0 Å². The van der Waals surface area contributed by atoms with Crippen molar-refractivity contribution in [1.29, 1.82) is 0 Å². The largest absolute Gasteiger partial charge is 0.310 e. The normalized spacial score (nSPS) is 18.1. The van der Waals surface area contributed by atoms with E-state index in [0.717, 1.165) is 37.2 Å². The first-order chi connectivity index (χ1) is 9.28. The van der Waals surface area contributed by atoms with E-state index in [2.05, 4.69) is 34.2 Å². The summed E-state index contributed by atoms with van der Waals surface area (Å²) in [6, 6.07) is 10.1. The van der Waals surface area contributed by atoms with Crippen LogP contribution in [0.3, 0.4) is 0 Å². The number of H-pyrrole nitrogens is 1. The van der Waals surface area contributed by atoms with Crippen molar-refractivity contribution in [1.82, 2.24) is 9.97 Å². The number of aryl methyl sites for hydroxylation is 2. The third kappa shape index (κ3) is 2.33. The summed E-state index contributed by atoms with van der Waals surface area (Å²) >= 11 is 0. The van der Waals surface area contributed by atoms with Crippen LogP contribution >= 0.6 is 0 Å². The van der Waals surface area contributed by atoms with E-state index in [9.17, 15) is 4.79 Å². The lowest BCUT2D eigenvalue weighted by Crippen LogP contribution is -2.19. The molecule has 0 spiro atoms. The van der Waals surface area contributed by atoms with Gasteiger partial charge < -0.3 is 4.98 Å². The monoisotopic (exact) mass is 254 g/mol. The second-order valence-electron chi connectivity index (χ2n) is 5.12. The van der Waals surface area contributed by atoms with Crippen LogP contribution in [-0.2, 0) is 12.8 Å². The zero-order valence-corrected chi connectivity index (χ0v) is 11.1. The third-order valence-corrected chi connectivity index (χ3v) is 3.87. The molecule has 0 fully saturated rings. The SMILES string of the molecule is CCc1cc(=O)[nH]c(C2CCCc3ccccc32)n1. The van der Waals surface area contributed by atoms with E-state index < -0.39 is 0 Å². The molecule has 0 saturated carbocycles. The van der Waals surface area contributed by atoms with Gasteiger partial charge in [0.2, 0.25) is 0 Å². The number of aromatic amines is 1. The minimum absolute atomic E-state index is 0.0371. The van der Waals surface area contributed by atoms with Crippen LogP contribution in [-0.4, -0.2) is 9.97 Å². The molecule has 0 radical (unpaired) electrons. The molecule has 3 heteroatoms. The molecule has 1 aromatic heterocycles. The lowest BCUT2D eigenvalue weighted by atomic mass is 9.82. The quantitative estimate of drug-likeness (QED) is 0.895. The van der Waals surface area contributed by atoms with Gasteiger partial charge in [0.25, 0.3) is 5.56 Å². The van der Waals surface area contributed by atoms with E-state index >= 15 is 0 Å². The Labute approximate surface area is 112 Å². The average Bonchev–Trinajstić information content (AvgIpc) is 2.46. The maximum atomic E-state index is 11.7. The summed E-state index contributed by atoms with van der Waals surface area (Å²) in [5.74, 6) is 1.07. The van der Waals surface area contributed by atoms with Crippen molar-refractivity contribution in [2.75, 3.05) is 0 Å². The first-order valence-electron chi connectivity index (χ1n) is 6.96. The third-order valence-electron chi connectivity index (χ3n) is 3.87. The van der Waals surface area contributed by atoms with Crippen LogP contribution in [0.25, 0.3) is 0 Å². The van der Waals surface area contributed by atoms with Gasteiger partial charge in [0.05, 0.1) is 0 Å². The molecule has 1 atom stereocenters. The minimum Gasteiger partial charge on any atom is -0.310 e. The molecule has 0 amide bonds. The summed E-state index contributed by atoms with van der Waals surface area (Å²) in [6.07, 6.45) is 4.14. The van der Waals surface area contributed by atoms with Gasteiger partial charge in [-0.25, -0.2) is 4.98 Å². The predicted octanol–water partition coefficient (Wildman–Crippen LogP) is 2.80. The first kappa shape index (κ1) is 12.2. The van der Waals surface area contributed by atoms with Crippen molar-refractivity contribution in [3.05, 3.63) is 63.3 Å². The molecule has 0 saturated heterocycles. The van der Waals surface area contributed by atoms with Crippen molar-refractivity contribution in [2.45, 2.75) is 38.5 Å². The average molecular weight is 254 g/mol. The Morgan fingerprint density at radius 3 is 3.05 bits per heavy atom. The van der Waals surface area contributed by atoms with E-state index in [4.69, 9.17) is 0 Å². The summed E-state index contributed by atoms with van der Waals surface area (Å²) in [6.45, 7) is 2.03. The molecule has 1 N–H and O–H groups in total. The Morgan fingerprint density at radius 1 is 1.37 bits per heavy atom. The number of nitrogens with zero attached hydrogens (tertiary/aromatic N) is 1. The predicted molar refractivity (Wildman–Crippen MR) is 75.5 cm³/mol. The number of hydrogen-bond donors (Lipinski definition) is 1. The lowest BCUT2D eigenvalue weighted by Gasteiger charge is -2.24. The number of fused-ring (bicyclic) bond motifs is 1. The van der Waals surface area contributed by atoms with Crippen LogP contribution in [0.4, 0.5) is 0 Å². The number of hydrogen-bond acceptors (Lipinski definition) is 2. The summed E-state index contributed by atoms with van der Waals surface area (Å²) in [5.41, 5.74) is 3.56. The highest BCUT2D eigenvalue weighted by molar-refractivity contribution is 5.36. The number of rotatable bonds is 2. The van der Waals surface area contributed by atoms with Crippen LogP contribution in [0.1, 0.15) is 48.3 Å². The summed E-state index contributed by atoms with van der Waals surface area (Å²) in [5, 5.41) is 0. The molecule has 19 heavy (non-hydrogen) atoms. The molecule has 3 rings (SSSR count). The second kappa shape index (κ2) is 5.00. The Balaban J connectivity index is 2.08. The van der Waals surface area contributed by atoms with E-state index in [-0.39, 0.29) is 11.5 Å². The highest BCUT2D eigenvalue weighted by Crippen LogP contribution is 2.34. The van der Waals surface area contributed by atoms with Gasteiger partial charge in [-0.3, -0.25) is 4.79 Å². The first-order valence-corrected chi connectivity index (χ1v) is 6.96. The molecular formula is C16H18N2O. The highest BCUT2D eigenvalue weighted by atomic mass is 16.1. The minimum atomic E-state index is -0.0371. The van der Waals surface area contributed by atoms with Gasteiger partial charge in [0.1, 0.15) is 5.82 Å². The fraction of sp³-hybridized carbons (Fsp3) is 0.375. The molecule has 1 unspecified atom stereocenters. The van der Waals surface area contributed by atoms with Gasteiger partial charge in [-0.2, -0.15) is 0 Å². The molecule has 0 aliphatic heterocycles. The van der Waals surface area contributed by atoms with Gasteiger partial charge in [-0.05, 0) is 36.8 Å². The van der Waals surface area contributed by atoms with Gasteiger partial charge >= 0.3 is 0 Å². The Kier molecular flexibility index (Phi) is 3.20. The van der Waals surface area contributed by atoms with Crippen molar-refractivity contribution >= 4 is 0 Å². The van der Waals surface area contributed by atoms with Crippen LogP contribution in [0.15, 0.2) is 35.1 Å². The van der Waals surface area contributed by atoms with E-state index in [1.165, 1.54) is 11.1 Å². The molecule has 3 nitrogen and oxygen atoms in total. The summed E-state index contributed by atoms with van der Waals surface area (Å²) in [7, 11) is 0. The maximum Gasteiger partial charge on any atom is 0.251 e. The molecule has 1 heterocycles. The molecular weight excluding hydrogens is 236 g/mol. The molecule has 1 aliphatic carbocycles. The van der Waals surface area contributed by atoms with Gasteiger partial charge in [0.15, 0.2) is 0 Å². The van der Waals surface area contributed by atoms with E-state index in [1.54, 1.807) is 6.07 Å². The molecule has 0 bridgehead atoms. The zero-order chi connectivity index (χ0) is 13.2. The molecule has 98 valence electrons. The van der Waals surface area contributed by atoms with Gasteiger partial charge in [-0.15, -0.1) is 0 Å². The maximum absolute atomic E-state index is 11.7. The van der Waals surface area contributed by atoms with Crippen LogP contribution < -0.4 is 5.56 Å². The fourth-order valence-electron chi connectivity index (χ4n) is 2.91. The second-order valence-corrected chi connectivity index (χ2v) is 5.12. The Bertz CT molecular complexity index is 645. The smallest absolute Gasteiger partial charge is 0.251 e. The standard InChI is InChI=1S/C16H18N2O/c1-2-12-10-15(19)18-16(17-12)14-9-5-7-11-6-3-4-8-13(11)14/h3-4,6,8,10,14H,2,5,7,9H2,1H3,(H,17,18,19). The number of nitrogens with one attached hydrogen (secondary N) is 1. The highest BCUT2D eigenvalue weighted by Gasteiger charge is 2.23. The Hall–Kier alpha value is -1.90. The molecule has 1 aromatic carbocycles. The van der Waals surface area contributed by atoms with Crippen LogP contribution in [0.5, 0.6) is 0 Å². The van der Waals surface area contributed by atoms with Gasteiger partial charge in [0, 0.05) is 17.7 Å². The number of aromatic nitrogens is 2. The molecule has 2 aromatic rings. The van der Waals surface area contributed by atoms with Crippen molar-refractivity contribution in [3.63, 3.8) is 0 Å². The van der Waals surface area contributed by atoms with Crippen LogP contribution in [0, 0.1) is 0 Å². The van der Waals surface area contributed by atoms with Gasteiger partial charge in [-0.1, -0.05) is 31.2 Å². The topological polar surface area (TPSA) is 45.8 Å². The molecule has 1 aliphatic rings. The zero-order valence-electron chi connectivity index (χ0n) is 11.1. The van der Waals surface area contributed by atoms with E-state index in [0.29, 0.717) is 0 Å². The summed E-state index contributed by atoms with van der Waals surface area (Å²) in [4.78, 5) is 19.3. The lowest BCUT2D eigenvalue weighted by molar-refractivity contribution is 0.585. The van der Waals surface area contributed by atoms with Crippen LogP contribution in [0.2, 0.25) is 0 Å². The van der Waals surface area contributed by atoms with Crippen molar-refractivity contribution < 1.29 is 0 Å². The van der Waals surface area contributed by atoms with E-state index in [1.807, 2.05) is 6.92 Å².